The van der Waals surface area contributed by atoms with Crippen molar-refractivity contribution in [3.63, 3.8) is 0 Å². The summed E-state index contributed by atoms with van der Waals surface area (Å²) in [6.45, 7) is 4.10. The van der Waals surface area contributed by atoms with Gasteiger partial charge in [0.2, 0.25) is 0 Å². The molecule has 1 aromatic rings. The lowest BCUT2D eigenvalue weighted by Gasteiger charge is -2.09. The van der Waals surface area contributed by atoms with Gasteiger partial charge in [-0.15, -0.1) is 0 Å². The Balaban J connectivity index is 2.48. The summed E-state index contributed by atoms with van der Waals surface area (Å²) in [4.78, 5) is 10.4. The summed E-state index contributed by atoms with van der Waals surface area (Å²) in [6, 6.07) is 4.86. The molecule has 1 aromatic carbocycles. The third-order valence-electron chi connectivity index (χ3n) is 2.64. The van der Waals surface area contributed by atoms with Gasteiger partial charge in [0.15, 0.2) is 0 Å². The van der Waals surface area contributed by atoms with E-state index in [0.717, 1.165) is 25.1 Å². The van der Waals surface area contributed by atoms with Crippen LogP contribution in [0, 0.1) is 10.1 Å². The first kappa shape index (κ1) is 15.2. The van der Waals surface area contributed by atoms with Crippen LogP contribution in [0.15, 0.2) is 18.2 Å². The summed E-state index contributed by atoms with van der Waals surface area (Å²) in [6.07, 6.45) is 2.17. The van der Waals surface area contributed by atoms with Crippen molar-refractivity contribution in [2.45, 2.75) is 19.8 Å². The molecule has 0 heterocycles. The molecular formula is C13H21N3O3. The minimum Gasteiger partial charge on any atom is -0.388 e. The van der Waals surface area contributed by atoms with Crippen molar-refractivity contribution in [3.05, 3.63) is 28.3 Å². The van der Waals surface area contributed by atoms with Gasteiger partial charge >= 0.3 is 0 Å². The Hall–Kier alpha value is -1.82. The van der Waals surface area contributed by atoms with Gasteiger partial charge < -0.3 is 15.4 Å². The van der Waals surface area contributed by atoms with Crippen LogP contribution in [0.1, 0.15) is 19.8 Å². The Labute approximate surface area is 113 Å². The number of benzene rings is 1. The number of non-ortho nitro benzene ring substituents is 1. The summed E-state index contributed by atoms with van der Waals surface area (Å²) in [7, 11) is 1.73. The lowest BCUT2D eigenvalue weighted by atomic mass is 10.2. The highest BCUT2D eigenvalue weighted by Gasteiger charge is 2.08. The van der Waals surface area contributed by atoms with Crippen LogP contribution in [0.3, 0.4) is 0 Å². The van der Waals surface area contributed by atoms with Crippen molar-refractivity contribution >= 4 is 17.1 Å². The monoisotopic (exact) mass is 267 g/mol. The van der Waals surface area contributed by atoms with Crippen LogP contribution in [0.2, 0.25) is 0 Å². The standard InChI is InChI=1S/C13H21N3O3/c1-3-4-6-19-7-5-15-12-8-11(14-2)9-13(10-12)16(17)18/h8-10,14-15H,3-7H2,1-2H3. The van der Waals surface area contributed by atoms with Gasteiger partial charge in [-0.1, -0.05) is 13.3 Å². The lowest BCUT2D eigenvalue weighted by Crippen LogP contribution is -2.10. The second-order valence-corrected chi connectivity index (χ2v) is 4.17. The Bertz CT molecular complexity index is 410. The largest absolute Gasteiger partial charge is 0.388 e. The molecule has 0 aromatic heterocycles. The first-order valence-corrected chi connectivity index (χ1v) is 6.46. The Morgan fingerprint density at radius 3 is 2.63 bits per heavy atom. The van der Waals surface area contributed by atoms with Gasteiger partial charge in [0.05, 0.1) is 11.5 Å². The number of nitrogens with one attached hydrogen (secondary N) is 2. The molecule has 0 saturated carbocycles. The van der Waals surface area contributed by atoms with E-state index < -0.39 is 4.92 Å². The van der Waals surface area contributed by atoms with Gasteiger partial charge in [-0.25, -0.2) is 0 Å². The van der Waals surface area contributed by atoms with Crippen LogP contribution >= 0.6 is 0 Å². The summed E-state index contributed by atoms with van der Waals surface area (Å²) in [5.74, 6) is 0. The zero-order chi connectivity index (χ0) is 14.1. The third-order valence-corrected chi connectivity index (χ3v) is 2.64. The predicted octanol–water partition coefficient (Wildman–Crippen LogP) is 2.87. The SMILES string of the molecule is CCCCOCCNc1cc(NC)cc([N+](=O)[O-])c1. The maximum Gasteiger partial charge on any atom is 0.273 e. The fraction of sp³-hybridized carbons (Fsp3) is 0.538. The molecule has 0 fully saturated rings. The van der Waals surface area contributed by atoms with Crippen LogP contribution in [0.4, 0.5) is 17.1 Å². The van der Waals surface area contributed by atoms with E-state index in [-0.39, 0.29) is 5.69 Å². The zero-order valence-corrected chi connectivity index (χ0v) is 11.4. The molecule has 0 radical (unpaired) electrons. The second kappa shape index (κ2) is 8.31. The number of unbranched alkanes of at least 4 members (excludes halogenated alkanes) is 1. The smallest absolute Gasteiger partial charge is 0.273 e. The van der Waals surface area contributed by atoms with E-state index in [1.165, 1.54) is 12.1 Å². The summed E-state index contributed by atoms with van der Waals surface area (Å²) in [5.41, 5.74) is 1.50. The number of hydrogen-bond donors (Lipinski definition) is 2. The molecule has 0 aliphatic heterocycles. The van der Waals surface area contributed by atoms with Crippen molar-refractivity contribution in [1.29, 1.82) is 0 Å². The van der Waals surface area contributed by atoms with Crippen molar-refractivity contribution < 1.29 is 9.66 Å². The molecular weight excluding hydrogens is 246 g/mol. The van der Waals surface area contributed by atoms with Crippen LogP contribution in [-0.2, 0) is 4.74 Å². The predicted molar refractivity (Wildman–Crippen MR) is 76.9 cm³/mol. The molecule has 0 atom stereocenters. The van der Waals surface area contributed by atoms with E-state index in [1.54, 1.807) is 7.05 Å². The van der Waals surface area contributed by atoms with Gasteiger partial charge in [0.25, 0.3) is 5.69 Å². The number of anilines is 2. The van der Waals surface area contributed by atoms with Crippen LogP contribution in [0.5, 0.6) is 0 Å². The van der Waals surface area contributed by atoms with Crippen molar-refractivity contribution in [2.24, 2.45) is 0 Å². The highest BCUT2D eigenvalue weighted by molar-refractivity contribution is 5.63. The first-order chi connectivity index (χ1) is 9.17. The van der Waals surface area contributed by atoms with Crippen LogP contribution in [0.25, 0.3) is 0 Å². The number of nitro benzene ring substituents is 1. The molecule has 19 heavy (non-hydrogen) atoms. The van der Waals surface area contributed by atoms with Gasteiger partial charge in [-0.2, -0.15) is 0 Å². The summed E-state index contributed by atoms with van der Waals surface area (Å²) < 4.78 is 5.42. The molecule has 0 amide bonds. The van der Waals surface area contributed by atoms with E-state index in [2.05, 4.69) is 17.6 Å². The van der Waals surface area contributed by atoms with Crippen molar-refractivity contribution in [1.82, 2.24) is 0 Å². The van der Waals surface area contributed by atoms with E-state index in [1.807, 2.05) is 6.07 Å². The van der Waals surface area contributed by atoms with Crippen molar-refractivity contribution in [2.75, 3.05) is 37.4 Å². The highest BCUT2D eigenvalue weighted by atomic mass is 16.6. The Morgan fingerprint density at radius 2 is 2.00 bits per heavy atom. The first-order valence-electron chi connectivity index (χ1n) is 6.46. The van der Waals surface area contributed by atoms with Crippen LogP contribution < -0.4 is 10.6 Å². The van der Waals surface area contributed by atoms with Gasteiger partial charge in [-0.3, -0.25) is 10.1 Å². The second-order valence-electron chi connectivity index (χ2n) is 4.17. The molecule has 1 rings (SSSR count). The third kappa shape index (κ3) is 5.56. The molecule has 0 spiro atoms. The van der Waals surface area contributed by atoms with Gasteiger partial charge in [0, 0.05) is 43.7 Å². The van der Waals surface area contributed by atoms with E-state index >= 15 is 0 Å². The quantitative estimate of drug-likeness (QED) is 0.409. The minimum absolute atomic E-state index is 0.0706. The topological polar surface area (TPSA) is 76.4 Å². The number of ether oxygens (including phenoxy) is 1. The molecule has 6 nitrogen and oxygen atoms in total. The molecule has 0 unspecified atom stereocenters. The Morgan fingerprint density at radius 1 is 1.26 bits per heavy atom. The molecule has 0 bridgehead atoms. The van der Waals surface area contributed by atoms with Gasteiger partial charge in [-0.05, 0) is 12.5 Å². The summed E-state index contributed by atoms with van der Waals surface area (Å²) >= 11 is 0. The van der Waals surface area contributed by atoms with Crippen LogP contribution in [-0.4, -0.2) is 31.7 Å². The molecule has 2 N–H and O–H groups in total. The molecule has 106 valence electrons. The zero-order valence-electron chi connectivity index (χ0n) is 11.4. The fourth-order valence-electron chi connectivity index (χ4n) is 1.58. The number of nitrogens with zero attached hydrogens (tertiary/aromatic N) is 1. The number of nitro groups is 1. The maximum absolute atomic E-state index is 10.8. The minimum atomic E-state index is -0.399. The van der Waals surface area contributed by atoms with E-state index in [0.29, 0.717) is 18.8 Å². The van der Waals surface area contributed by atoms with Crippen molar-refractivity contribution in [3.8, 4) is 0 Å². The molecule has 6 heteroatoms. The van der Waals surface area contributed by atoms with E-state index in [4.69, 9.17) is 4.74 Å². The summed E-state index contributed by atoms with van der Waals surface area (Å²) in [5, 5.41) is 16.8. The van der Waals surface area contributed by atoms with E-state index in [9.17, 15) is 10.1 Å². The number of rotatable bonds is 9. The normalized spacial score (nSPS) is 10.2. The lowest BCUT2D eigenvalue weighted by molar-refractivity contribution is -0.384. The fourth-order valence-corrected chi connectivity index (χ4v) is 1.58. The number of hydrogen-bond acceptors (Lipinski definition) is 5. The molecule has 0 saturated heterocycles. The average molecular weight is 267 g/mol. The molecule has 0 aliphatic rings. The molecule has 0 aliphatic carbocycles. The van der Waals surface area contributed by atoms with Gasteiger partial charge in [0.1, 0.15) is 0 Å². The maximum atomic E-state index is 10.8. The Kier molecular flexibility index (Phi) is 6.67. The highest BCUT2D eigenvalue weighted by Crippen LogP contribution is 2.23. The average Bonchev–Trinajstić information content (AvgIpc) is 2.42.